The van der Waals surface area contributed by atoms with Gasteiger partial charge in [0.05, 0.1) is 11.4 Å². The molecule has 0 amide bonds. The largest absolute Gasteiger partial charge is 0.480 e. The summed E-state index contributed by atoms with van der Waals surface area (Å²) in [6.07, 6.45) is -2.06. The van der Waals surface area contributed by atoms with E-state index in [0.29, 0.717) is 50.3 Å². The number of nitrogen functional groups attached to an aromatic ring is 1. The molecule has 0 saturated carbocycles. The van der Waals surface area contributed by atoms with Crippen molar-refractivity contribution < 1.29 is 27.8 Å². The number of aromatic nitrogens is 4. The minimum absolute atomic E-state index is 0.00774. The van der Waals surface area contributed by atoms with Gasteiger partial charge in [0.2, 0.25) is 17.9 Å². The number of aliphatic carboxylic acids is 1. The molecule has 5 rings (SSSR count). The number of ether oxygens (including phenoxy) is 1. The van der Waals surface area contributed by atoms with Crippen molar-refractivity contribution in [2.45, 2.75) is 91.1 Å². The van der Waals surface area contributed by atoms with Gasteiger partial charge in [-0.1, -0.05) is 46.2 Å². The highest BCUT2D eigenvalue weighted by atomic mass is 19.4. The molecule has 3 aromatic rings. The van der Waals surface area contributed by atoms with Gasteiger partial charge < -0.3 is 25.8 Å². The van der Waals surface area contributed by atoms with Gasteiger partial charge in [-0.3, -0.25) is 4.79 Å². The van der Waals surface area contributed by atoms with Crippen molar-refractivity contribution in [1.82, 2.24) is 25.1 Å². The minimum Gasteiger partial charge on any atom is -0.480 e. The quantitative estimate of drug-likeness (QED) is 0.290. The Bertz CT molecular complexity index is 1530. The van der Waals surface area contributed by atoms with Crippen LogP contribution in [0.3, 0.4) is 0 Å². The summed E-state index contributed by atoms with van der Waals surface area (Å²) < 4.78 is 51.2. The van der Waals surface area contributed by atoms with Gasteiger partial charge in [-0.15, -0.1) is 0 Å². The Kier molecular flexibility index (Phi) is 8.78. The molecule has 10 nitrogen and oxygen atoms in total. The van der Waals surface area contributed by atoms with Crippen molar-refractivity contribution >= 4 is 17.7 Å². The molecular formula is C32H42F3N7O3. The van der Waals surface area contributed by atoms with Gasteiger partial charge in [-0.2, -0.15) is 28.2 Å². The summed E-state index contributed by atoms with van der Waals surface area (Å²) in [5.74, 6) is -0.992. The van der Waals surface area contributed by atoms with Crippen molar-refractivity contribution in [2.75, 3.05) is 23.7 Å². The Balaban J connectivity index is 1.42. The summed E-state index contributed by atoms with van der Waals surface area (Å²) in [6.45, 7) is 11.1. The first-order valence-corrected chi connectivity index (χ1v) is 15.4. The highest BCUT2D eigenvalue weighted by Gasteiger charge is 2.54. The summed E-state index contributed by atoms with van der Waals surface area (Å²) in [4.78, 5) is 22.2. The van der Waals surface area contributed by atoms with Crippen LogP contribution >= 0.6 is 0 Å². The number of anilines is 2. The van der Waals surface area contributed by atoms with E-state index in [1.807, 2.05) is 11.8 Å². The smallest absolute Gasteiger partial charge is 0.429 e. The average Bonchev–Trinajstić information content (AvgIpc) is 3.56. The number of alkyl halides is 3. The van der Waals surface area contributed by atoms with Gasteiger partial charge in [-0.05, 0) is 61.1 Å². The minimum atomic E-state index is -4.78. The fraction of sp³-hybridized carbons (Fsp3) is 0.562. The lowest BCUT2D eigenvalue weighted by molar-refractivity contribution is -0.198. The fourth-order valence-corrected chi connectivity index (χ4v) is 7.05. The maximum Gasteiger partial charge on any atom is 0.429 e. The fourth-order valence-electron chi connectivity index (χ4n) is 7.05. The van der Waals surface area contributed by atoms with Gasteiger partial charge in [-0.25, -0.2) is 4.68 Å². The van der Waals surface area contributed by atoms with Gasteiger partial charge in [0.15, 0.2) is 0 Å². The Labute approximate surface area is 261 Å². The molecule has 3 atom stereocenters. The van der Waals surface area contributed by atoms with E-state index >= 15 is 0 Å². The molecule has 4 heterocycles. The standard InChI is InChI=1S/C32H42F3N7O3/c1-6-7-20-8-9-21(23(16-20)42-13-10-19(2)40-42)26(32(33,34)35)45-25-17-24(38-29(36)39-25)41-14-11-31(12-15-41)18-22(27(43)44)37-28(31)30(3,4)5/h8-10,13,16-17,22,26,28,37H,6-7,11-12,14-15,18H2,1-5H3,(H,43,44)(H2,36,38,39)/t22?,26-,28?/m1/s1. The van der Waals surface area contributed by atoms with Crippen LogP contribution in [0.15, 0.2) is 36.5 Å². The number of hydrogen-bond acceptors (Lipinski definition) is 8. The third kappa shape index (κ3) is 6.87. The summed E-state index contributed by atoms with van der Waals surface area (Å²) >= 11 is 0. The normalized spacial score (nSPS) is 20.8. The molecule has 0 radical (unpaired) electrons. The summed E-state index contributed by atoms with van der Waals surface area (Å²) in [5.41, 5.74) is 7.35. The number of benzene rings is 1. The number of carboxylic acids is 1. The number of carbonyl (C=O) groups is 1. The van der Waals surface area contributed by atoms with E-state index in [0.717, 1.165) is 12.0 Å². The van der Waals surface area contributed by atoms with Crippen LogP contribution in [0.2, 0.25) is 0 Å². The monoisotopic (exact) mass is 629 g/mol. The first-order chi connectivity index (χ1) is 21.1. The predicted molar refractivity (Wildman–Crippen MR) is 164 cm³/mol. The highest BCUT2D eigenvalue weighted by Crippen LogP contribution is 2.50. The maximum atomic E-state index is 14.7. The Morgan fingerprint density at radius 1 is 1.18 bits per heavy atom. The highest BCUT2D eigenvalue weighted by molar-refractivity contribution is 5.74. The van der Waals surface area contributed by atoms with Gasteiger partial charge in [0, 0.05) is 37.0 Å². The van der Waals surface area contributed by atoms with Gasteiger partial charge in [0.25, 0.3) is 0 Å². The lowest BCUT2D eigenvalue weighted by Gasteiger charge is -2.47. The van der Waals surface area contributed by atoms with Crippen LogP contribution in [0.4, 0.5) is 24.9 Å². The van der Waals surface area contributed by atoms with E-state index < -0.39 is 24.3 Å². The number of halogens is 3. The van der Waals surface area contributed by atoms with E-state index in [1.54, 1.807) is 31.3 Å². The molecule has 2 saturated heterocycles. The molecule has 45 heavy (non-hydrogen) atoms. The molecule has 13 heteroatoms. The number of hydrogen-bond donors (Lipinski definition) is 3. The van der Waals surface area contributed by atoms with E-state index in [2.05, 4.69) is 41.2 Å². The molecule has 0 bridgehead atoms. The number of nitrogens with two attached hydrogens (primary N) is 1. The summed E-state index contributed by atoms with van der Waals surface area (Å²) in [6, 6.07) is 7.33. The number of rotatable bonds is 8. The Morgan fingerprint density at radius 2 is 1.89 bits per heavy atom. The Morgan fingerprint density at radius 3 is 2.47 bits per heavy atom. The predicted octanol–water partition coefficient (Wildman–Crippen LogP) is 5.64. The molecular weight excluding hydrogens is 587 g/mol. The van der Waals surface area contributed by atoms with E-state index in [4.69, 9.17) is 10.5 Å². The van der Waals surface area contributed by atoms with Crippen molar-refractivity contribution in [3.8, 4) is 11.6 Å². The van der Waals surface area contributed by atoms with Crippen LogP contribution in [0.1, 0.15) is 76.3 Å². The summed E-state index contributed by atoms with van der Waals surface area (Å²) in [7, 11) is 0. The first-order valence-electron chi connectivity index (χ1n) is 15.4. The zero-order chi connectivity index (χ0) is 32.7. The molecule has 1 aromatic carbocycles. The topological polar surface area (TPSA) is 131 Å². The molecule has 2 aliphatic heterocycles. The lowest BCUT2D eigenvalue weighted by Crippen LogP contribution is -2.52. The van der Waals surface area contributed by atoms with Crippen LogP contribution in [-0.4, -0.2) is 62.2 Å². The number of nitrogens with zero attached hydrogens (tertiary/aromatic N) is 5. The van der Waals surface area contributed by atoms with E-state index in [9.17, 15) is 23.1 Å². The van der Waals surface area contributed by atoms with Crippen LogP contribution < -0.4 is 20.7 Å². The molecule has 1 spiro atoms. The van der Waals surface area contributed by atoms with Crippen molar-refractivity contribution in [3.05, 3.63) is 53.3 Å². The first kappa shape index (κ1) is 32.5. The molecule has 0 aliphatic carbocycles. The second kappa shape index (κ2) is 12.1. The molecule has 2 fully saturated rings. The summed E-state index contributed by atoms with van der Waals surface area (Å²) in [5, 5.41) is 17.5. The van der Waals surface area contributed by atoms with E-state index in [1.165, 1.54) is 16.8 Å². The lowest BCUT2D eigenvalue weighted by atomic mass is 9.64. The SMILES string of the molecule is CCCc1ccc([C@@H](Oc2cc(N3CCC4(CC3)CC(C(=O)O)NC4C(C)(C)C)nc(N)n2)C(F)(F)F)c(-n2ccc(C)n2)c1. The zero-order valence-corrected chi connectivity index (χ0v) is 26.4. The number of piperidine rings is 1. The van der Waals surface area contributed by atoms with Crippen LogP contribution in [0.5, 0.6) is 5.88 Å². The third-order valence-corrected chi connectivity index (χ3v) is 8.97. The maximum absolute atomic E-state index is 14.7. The van der Waals surface area contributed by atoms with Crippen LogP contribution in [-0.2, 0) is 11.2 Å². The molecule has 4 N–H and O–H groups in total. The second-order valence-corrected chi connectivity index (χ2v) is 13.4. The number of nitrogens with one attached hydrogen (secondary N) is 1. The van der Waals surface area contributed by atoms with Gasteiger partial charge in [0.1, 0.15) is 11.9 Å². The van der Waals surface area contributed by atoms with Crippen LogP contribution in [0, 0.1) is 17.8 Å². The van der Waals surface area contributed by atoms with Crippen molar-refractivity contribution in [1.29, 1.82) is 0 Å². The average molecular weight is 630 g/mol. The molecule has 2 aromatic heterocycles. The van der Waals surface area contributed by atoms with Gasteiger partial charge >= 0.3 is 12.1 Å². The zero-order valence-electron chi connectivity index (χ0n) is 26.4. The van der Waals surface area contributed by atoms with Crippen molar-refractivity contribution in [3.63, 3.8) is 0 Å². The Hall–Kier alpha value is -3.87. The number of aryl methyl sites for hydroxylation is 2. The molecule has 2 aliphatic rings. The number of carboxylic acid groups (broad SMARTS) is 1. The second-order valence-electron chi connectivity index (χ2n) is 13.4. The van der Waals surface area contributed by atoms with Crippen LogP contribution in [0.25, 0.3) is 5.69 Å². The molecule has 244 valence electrons. The molecule has 2 unspecified atom stereocenters. The van der Waals surface area contributed by atoms with E-state index in [-0.39, 0.29) is 40.0 Å². The third-order valence-electron chi connectivity index (χ3n) is 8.97. The van der Waals surface area contributed by atoms with Crippen molar-refractivity contribution in [2.24, 2.45) is 10.8 Å².